The highest BCUT2D eigenvalue weighted by Crippen LogP contribution is 2.25. The Balaban J connectivity index is 2.28. The molecular formula is C11H10BrClN2OS. The van der Waals surface area contributed by atoms with E-state index >= 15 is 0 Å². The van der Waals surface area contributed by atoms with E-state index in [0.717, 1.165) is 5.69 Å². The van der Waals surface area contributed by atoms with E-state index in [1.165, 1.54) is 4.88 Å². The van der Waals surface area contributed by atoms with Crippen LogP contribution in [-0.4, -0.2) is 17.1 Å². The van der Waals surface area contributed by atoms with Gasteiger partial charge in [0.2, 0.25) is 0 Å². The van der Waals surface area contributed by atoms with Crippen molar-refractivity contribution < 1.29 is 4.74 Å². The van der Waals surface area contributed by atoms with Gasteiger partial charge in [-0.25, -0.2) is 9.97 Å². The summed E-state index contributed by atoms with van der Waals surface area (Å²) < 4.78 is 5.78. The van der Waals surface area contributed by atoms with Gasteiger partial charge in [-0.3, -0.25) is 0 Å². The monoisotopic (exact) mass is 332 g/mol. The highest BCUT2D eigenvalue weighted by atomic mass is 79.9. The number of methoxy groups -OCH3 is 1. The smallest absolute Gasteiger partial charge is 0.147 e. The quantitative estimate of drug-likeness (QED) is 0.800. The average Bonchev–Trinajstić information content (AvgIpc) is 2.78. The van der Waals surface area contributed by atoms with Crippen LogP contribution in [0.2, 0.25) is 5.15 Å². The summed E-state index contributed by atoms with van der Waals surface area (Å²) in [6.07, 6.45) is 0.696. The lowest BCUT2D eigenvalue weighted by atomic mass is 10.3. The molecule has 3 nitrogen and oxygen atoms in total. The zero-order valence-electron chi connectivity index (χ0n) is 9.11. The molecule has 90 valence electrons. The lowest BCUT2D eigenvalue weighted by molar-refractivity contribution is 0.180. The molecule has 0 fully saturated rings. The molecule has 0 aliphatic carbocycles. The SMILES string of the molecule is COCc1nc(Cc2cccs2)nc(Cl)c1Br. The van der Waals surface area contributed by atoms with E-state index in [1.54, 1.807) is 18.4 Å². The fourth-order valence-corrected chi connectivity index (χ4v) is 2.59. The topological polar surface area (TPSA) is 35.0 Å². The molecule has 0 aromatic carbocycles. The highest BCUT2D eigenvalue weighted by Gasteiger charge is 2.11. The molecule has 2 rings (SSSR count). The van der Waals surface area contributed by atoms with Crippen molar-refractivity contribution in [1.29, 1.82) is 0 Å². The Morgan fingerprint density at radius 3 is 2.94 bits per heavy atom. The van der Waals surface area contributed by atoms with Crippen LogP contribution in [0.5, 0.6) is 0 Å². The molecule has 0 aliphatic heterocycles. The Morgan fingerprint density at radius 2 is 2.29 bits per heavy atom. The number of nitrogens with zero attached hydrogens (tertiary/aromatic N) is 2. The first-order valence-corrected chi connectivity index (χ1v) is 6.98. The first kappa shape index (κ1) is 13.0. The second kappa shape index (κ2) is 5.91. The summed E-state index contributed by atoms with van der Waals surface area (Å²) in [5.41, 5.74) is 0.777. The van der Waals surface area contributed by atoms with Crippen molar-refractivity contribution in [3.8, 4) is 0 Å². The number of ether oxygens (including phenoxy) is 1. The minimum absolute atomic E-state index is 0.417. The van der Waals surface area contributed by atoms with Crippen LogP contribution in [0.1, 0.15) is 16.4 Å². The zero-order chi connectivity index (χ0) is 12.3. The maximum Gasteiger partial charge on any atom is 0.147 e. The standard InChI is InChI=1S/C11H10BrClN2OS/c1-16-6-8-10(12)11(13)15-9(14-8)5-7-3-2-4-17-7/h2-4H,5-6H2,1H3. The summed E-state index contributed by atoms with van der Waals surface area (Å²) in [4.78, 5) is 9.90. The van der Waals surface area contributed by atoms with Gasteiger partial charge in [0.15, 0.2) is 0 Å². The second-order valence-corrected chi connectivity index (χ2v) is 5.56. The Hall–Kier alpha value is -0.490. The van der Waals surface area contributed by atoms with E-state index in [1.807, 2.05) is 11.4 Å². The number of thiophene rings is 1. The summed E-state index contributed by atoms with van der Waals surface area (Å²) in [5, 5.41) is 2.46. The van der Waals surface area contributed by atoms with Crippen molar-refractivity contribution in [2.24, 2.45) is 0 Å². The minimum atomic E-state index is 0.417. The molecule has 2 heterocycles. The zero-order valence-corrected chi connectivity index (χ0v) is 12.3. The van der Waals surface area contributed by atoms with Gasteiger partial charge in [0.25, 0.3) is 0 Å². The first-order chi connectivity index (χ1) is 8.20. The Morgan fingerprint density at radius 1 is 1.47 bits per heavy atom. The maximum atomic E-state index is 6.04. The highest BCUT2D eigenvalue weighted by molar-refractivity contribution is 9.10. The third-order valence-corrected chi connectivity index (χ3v) is 4.33. The summed E-state index contributed by atoms with van der Waals surface area (Å²) in [7, 11) is 1.63. The number of hydrogen-bond acceptors (Lipinski definition) is 4. The molecule has 2 aromatic heterocycles. The van der Waals surface area contributed by atoms with Gasteiger partial charge >= 0.3 is 0 Å². The first-order valence-electron chi connectivity index (χ1n) is 4.93. The summed E-state index contributed by atoms with van der Waals surface area (Å²) >= 11 is 11.1. The van der Waals surface area contributed by atoms with Crippen molar-refractivity contribution in [2.75, 3.05) is 7.11 Å². The summed E-state index contributed by atoms with van der Waals surface area (Å²) in [5.74, 6) is 0.715. The molecule has 0 radical (unpaired) electrons. The van der Waals surface area contributed by atoms with Crippen LogP contribution < -0.4 is 0 Å². The van der Waals surface area contributed by atoms with Crippen LogP contribution in [0.25, 0.3) is 0 Å². The van der Waals surface area contributed by atoms with Crippen molar-refractivity contribution in [3.63, 3.8) is 0 Å². The van der Waals surface area contributed by atoms with E-state index in [2.05, 4.69) is 32.0 Å². The van der Waals surface area contributed by atoms with Crippen molar-refractivity contribution in [3.05, 3.63) is 43.5 Å². The van der Waals surface area contributed by atoms with Crippen LogP contribution in [0.3, 0.4) is 0 Å². The molecule has 0 atom stereocenters. The van der Waals surface area contributed by atoms with Crippen LogP contribution in [0, 0.1) is 0 Å². The maximum absolute atomic E-state index is 6.04. The van der Waals surface area contributed by atoms with Crippen LogP contribution in [0.4, 0.5) is 0 Å². The van der Waals surface area contributed by atoms with E-state index in [9.17, 15) is 0 Å². The molecule has 0 spiro atoms. The van der Waals surface area contributed by atoms with Crippen LogP contribution >= 0.6 is 38.9 Å². The Labute approximate surface area is 117 Å². The van der Waals surface area contributed by atoms with Gasteiger partial charge in [-0.1, -0.05) is 17.7 Å². The Bertz CT molecular complexity index is 504. The molecular weight excluding hydrogens is 324 g/mol. The summed E-state index contributed by atoms with van der Waals surface area (Å²) in [6.45, 7) is 0.417. The predicted molar refractivity (Wildman–Crippen MR) is 72.6 cm³/mol. The molecule has 0 saturated carbocycles. The van der Waals surface area contributed by atoms with Crippen molar-refractivity contribution >= 4 is 38.9 Å². The number of aromatic nitrogens is 2. The molecule has 0 amide bonds. The number of hydrogen-bond donors (Lipinski definition) is 0. The van der Waals surface area contributed by atoms with Gasteiger partial charge in [0.1, 0.15) is 11.0 Å². The fraction of sp³-hybridized carbons (Fsp3) is 0.273. The largest absolute Gasteiger partial charge is 0.378 e. The van der Waals surface area contributed by atoms with E-state index in [-0.39, 0.29) is 0 Å². The molecule has 6 heteroatoms. The van der Waals surface area contributed by atoms with E-state index in [0.29, 0.717) is 28.5 Å². The molecule has 17 heavy (non-hydrogen) atoms. The minimum Gasteiger partial charge on any atom is -0.378 e. The lowest BCUT2D eigenvalue weighted by Crippen LogP contribution is -2.03. The average molecular weight is 334 g/mol. The summed E-state index contributed by atoms with van der Waals surface area (Å²) in [6, 6.07) is 4.07. The van der Waals surface area contributed by atoms with Gasteiger partial charge in [-0.05, 0) is 27.4 Å². The predicted octanol–water partition coefficient (Wildman–Crippen LogP) is 3.69. The molecule has 0 N–H and O–H groups in total. The van der Waals surface area contributed by atoms with Crippen molar-refractivity contribution in [1.82, 2.24) is 9.97 Å². The number of rotatable bonds is 4. The molecule has 0 bridgehead atoms. The van der Waals surface area contributed by atoms with Gasteiger partial charge in [0.05, 0.1) is 16.8 Å². The van der Waals surface area contributed by atoms with Gasteiger partial charge < -0.3 is 4.74 Å². The van der Waals surface area contributed by atoms with Gasteiger partial charge in [0, 0.05) is 18.4 Å². The fourth-order valence-electron chi connectivity index (χ4n) is 1.39. The molecule has 0 aliphatic rings. The normalized spacial score (nSPS) is 10.8. The number of halogens is 2. The molecule has 2 aromatic rings. The second-order valence-electron chi connectivity index (χ2n) is 3.38. The van der Waals surface area contributed by atoms with E-state index < -0.39 is 0 Å². The van der Waals surface area contributed by atoms with Crippen LogP contribution in [0.15, 0.2) is 22.0 Å². The van der Waals surface area contributed by atoms with Crippen LogP contribution in [-0.2, 0) is 17.8 Å². The third-order valence-electron chi connectivity index (χ3n) is 2.12. The Kier molecular flexibility index (Phi) is 4.50. The van der Waals surface area contributed by atoms with E-state index in [4.69, 9.17) is 16.3 Å². The lowest BCUT2D eigenvalue weighted by Gasteiger charge is -2.06. The third kappa shape index (κ3) is 3.25. The molecule has 0 unspecified atom stereocenters. The molecule has 0 saturated heterocycles. The van der Waals surface area contributed by atoms with Crippen molar-refractivity contribution in [2.45, 2.75) is 13.0 Å². The van der Waals surface area contributed by atoms with Gasteiger partial charge in [-0.2, -0.15) is 0 Å². The van der Waals surface area contributed by atoms with Gasteiger partial charge in [-0.15, -0.1) is 11.3 Å².